The number of nitrogens with zero attached hydrogens (tertiary/aromatic N) is 1. The summed E-state index contributed by atoms with van der Waals surface area (Å²) in [5.74, 6) is 1.50. The fraction of sp³-hybridized carbons (Fsp3) is 0.238. The zero-order valence-corrected chi connectivity index (χ0v) is 17.2. The number of hydrogen-bond donors (Lipinski definition) is 1. The minimum absolute atomic E-state index is 0.126. The van der Waals surface area contributed by atoms with E-state index in [4.69, 9.17) is 4.74 Å². The van der Waals surface area contributed by atoms with E-state index < -0.39 is 0 Å². The average Bonchev–Trinajstić information content (AvgIpc) is 3.07. The second kappa shape index (κ2) is 9.06. The van der Waals surface area contributed by atoms with Crippen LogP contribution in [0.2, 0.25) is 0 Å². The number of carbonyl (C=O) groups excluding carboxylic acids is 1. The van der Waals surface area contributed by atoms with Crippen LogP contribution in [0.5, 0.6) is 5.75 Å². The summed E-state index contributed by atoms with van der Waals surface area (Å²) in [6, 6.07) is 15.0. The monoisotopic (exact) mass is 398 g/mol. The number of nitrogens with one attached hydrogen (secondary N) is 1. The van der Waals surface area contributed by atoms with Gasteiger partial charge in [0.05, 0.1) is 16.8 Å². The highest BCUT2D eigenvalue weighted by molar-refractivity contribution is 7.98. The third kappa shape index (κ3) is 5.84. The predicted octanol–water partition coefficient (Wildman–Crippen LogP) is 5.78. The lowest BCUT2D eigenvalue weighted by Gasteiger charge is -2.11. The Morgan fingerprint density at radius 3 is 2.44 bits per heavy atom. The van der Waals surface area contributed by atoms with Gasteiger partial charge in [-0.3, -0.25) is 4.79 Å². The molecule has 27 heavy (non-hydrogen) atoms. The smallest absolute Gasteiger partial charge is 0.255 e. The van der Waals surface area contributed by atoms with Crippen molar-refractivity contribution in [2.45, 2.75) is 37.5 Å². The summed E-state index contributed by atoms with van der Waals surface area (Å²) in [5.41, 5.74) is 2.47. The normalized spacial score (nSPS) is 10.8. The highest BCUT2D eigenvalue weighted by Gasteiger charge is 2.07. The van der Waals surface area contributed by atoms with Crippen molar-refractivity contribution in [2.75, 3.05) is 5.32 Å². The van der Waals surface area contributed by atoms with E-state index in [1.807, 2.05) is 69.3 Å². The molecule has 0 unspecified atom stereocenters. The van der Waals surface area contributed by atoms with Gasteiger partial charge in [-0.25, -0.2) is 4.98 Å². The van der Waals surface area contributed by atoms with Crippen LogP contribution < -0.4 is 10.1 Å². The Hall–Kier alpha value is -2.31. The van der Waals surface area contributed by atoms with E-state index >= 15 is 0 Å². The third-order valence-electron chi connectivity index (χ3n) is 3.65. The van der Waals surface area contributed by atoms with Gasteiger partial charge in [-0.05, 0) is 69.3 Å². The number of aromatic nitrogens is 1. The van der Waals surface area contributed by atoms with Crippen molar-refractivity contribution in [1.29, 1.82) is 0 Å². The van der Waals surface area contributed by atoms with Gasteiger partial charge in [0.15, 0.2) is 0 Å². The van der Waals surface area contributed by atoms with Crippen molar-refractivity contribution in [3.05, 3.63) is 70.2 Å². The molecule has 1 heterocycles. The van der Waals surface area contributed by atoms with Crippen LogP contribution in [-0.2, 0) is 5.75 Å². The second-order valence-corrected chi connectivity index (χ2v) is 8.43. The number of anilines is 1. The lowest BCUT2D eigenvalue weighted by atomic mass is 10.2. The van der Waals surface area contributed by atoms with Gasteiger partial charge in [-0.15, -0.1) is 23.1 Å². The lowest BCUT2D eigenvalue weighted by Crippen LogP contribution is -2.11. The molecular weight excluding hydrogens is 376 g/mol. The SMILES string of the molecule is Cc1nc(CSc2ccc(C(=O)Nc3ccc(OC(C)C)cc3)cc2)cs1. The molecule has 0 radical (unpaired) electrons. The molecule has 0 fully saturated rings. The highest BCUT2D eigenvalue weighted by atomic mass is 32.2. The minimum Gasteiger partial charge on any atom is -0.491 e. The molecular formula is C21H22N2O2S2. The van der Waals surface area contributed by atoms with E-state index in [0.29, 0.717) is 5.56 Å². The number of thioether (sulfide) groups is 1. The van der Waals surface area contributed by atoms with Gasteiger partial charge < -0.3 is 10.1 Å². The molecule has 3 rings (SSSR count). The summed E-state index contributed by atoms with van der Waals surface area (Å²) < 4.78 is 5.61. The number of ether oxygens (including phenoxy) is 1. The number of aryl methyl sites for hydroxylation is 1. The van der Waals surface area contributed by atoms with Crippen molar-refractivity contribution in [1.82, 2.24) is 4.98 Å². The van der Waals surface area contributed by atoms with Crippen LogP contribution in [0.15, 0.2) is 58.8 Å². The first-order valence-corrected chi connectivity index (χ1v) is 10.6. The highest BCUT2D eigenvalue weighted by Crippen LogP contribution is 2.24. The maximum atomic E-state index is 12.4. The van der Waals surface area contributed by atoms with E-state index in [-0.39, 0.29) is 12.0 Å². The second-order valence-electron chi connectivity index (χ2n) is 6.32. The van der Waals surface area contributed by atoms with Crippen LogP contribution in [0.25, 0.3) is 0 Å². The zero-order valence-electron chi connectivity index (χ0n) is 15.6. The van der Waals surface area contributed by atoms with Crippen LogP contribution in [0, 0.1) is 6.92 Å². The maximum Gasteiger partial charge on any atom is 0.255 e. The van der Waals surface area contributed by atoms with Crippen molar-refractivity contribution >= 4 is 34.7 Å². The minimum atomic E-state index is -0.126. The molecule has 0 saturated carbocycles. The molecule has 4 nitrogen and oxygen atoms in total. The summed E-state index contributed by atoms with van der Waals surface area (Å²) in [5, 5.41) is 6.08. The van der Waals surface area contributed by atoms with Gasteiger partial charge >= 0.3 is 0 Å². The average molecular weight is 399 g/mol. The Kier molecular flexibility index (Phi) is 6.53. The van der Waals surface area contributed by atoms with E-state index in [2.05, 4.69) is 15.7 Å². The van der Waals surface area contributed by atoms with Crippen LogP contribution in [0.3, 0.4) is 0 Å². The molecule has 0 bridgehead atoms. The van der Waals surface area contributed by atoms with Crippen LogP contribution in [-0.4, -0.2) is 17.0 Å². The Balaban J connectivity index is 1.55. The van der Waals surface area contributed by atoms with Crippen molar-refractivity contribution in [2.24, 2.45) is 0 Å². The van der Waals surface area contributed by atoms with Crippen LogP contribution in [0.1, 0.15) is 34.9 Å². The molecule has 0 spiro atoms. The largest absolute Gasteiger partial charge is 0.491 e. The zero-order chi connectivity index (χ0) is 19.2. The number of thiazole rings is 1. The van der Waals surface area contributed by atoms with Gasteiger partial charge in [-0.1, -0.05) is 0 Å². The molecule has 0 atom stereocenters. The third-order valence-corrected chi connectivity index (χ3v) is 5.52. The van der Waals surface area contributed by atoms with Gasteiger partial charge in [0.2, 0.25) is 0 Å². The molecule has 3 aromatic rings. The topological polar surface area (TPSA) is 51.2 Å². The summed E-state index contributed by atoms with van der Waals surface area (Å²) in [7, 11) is 0. The number of benzene rings is 2. The van der Waals surface area contributed by atoms with E-state index in [1.165, 1.54) is 0 Å². The first-order chi connectivity index (χ1) is 13.0. The molecule has 140 valence electrons. The Morgan fingerprint density at radius 1 is 1.15 bits per heavy atom. The Labute approximate surface area is 168 Å². The quantitative estimate of drug-likeness (QED) is 0.512. The molecule has 1 amide bonds. The molecule has 0 aliphatic carbocycles. The number of hydrogen-bond acceptors (Lipinski definition) is 5. The summed E-state index contributed by atoms with van der Waals surface area (Å²) in [6.07, 6.45) is 0.126. The van der Waals surface area contributed by atoms with Gasteiger partial charge in [0, 0.05) is 27.3 Å². The molecule has 6 heteroatoms. The van der Waals surface area contributed by atoms with E-state index in [0.717, 1.165) is 32.8 Å². The molecule has 0 saturated heterocycles. The maximum absolute atomic E-state index is 12.4. The molecule has 0 aliphatic heterocycles. The molecule has 1 N–H and O–H groups in total. The number of rotatable bonds is 7. The summed E-state index contributed by atoms with van der Waals surface area (Å²) in [4.78, 5) is 18.0. The fourth-order valence-corrected chi connectivity index (χ4v) is 3.94. The Morgan fingerprint density at radius 2 is 1.85 bits per heavy atom. The van der Waals surface area contributed by atoms with Crippen molar-refractivity contribution in [3.63, 3.8) is 0 Å². The first kappa shape index (κ1) is 19.5. The standard InChI is InChI=1S/C21H22N2O2S2/c1-14(2)25-19-8-6-17(7-9-19)23-21(24)16-4-10-20(11-5-16)27-13-18-12-26-15(3)22-18/h4-12,14H,13H2,1-3H3,(H,23,24). The number of carbonyl (C=O) groups is 1. The van der Waals surface area contributed by atoms with E-state index in [1.54, 1.807) is 23.1 Å². The van der Waals surface area contributed by atoms with Crippen LogP contribution in [0.4, 0.5) is 5.69 Å². The molecule has 0 aliphatic rings. The number of amides is 1. The van der Waals surface area contributed by atoms with Crippen molar-refractivity contribution in [3.8, 4) is 5.75 Å². The fourth-order valence-electron chi connectivity index (χ4n) is 2.43. The van der Waals surface area contributed by atoms with Gasteiger partial charge in [0.1, 0.15) is 5.75 Å². The molecule has 1 aromatic heterocycles. The molecule has 2 aromatic carbocycles. The first-order valence-electron chi connectivity index (χ1n) is 8.71. The summed E-state index contributed by atoms with van der Waals surface area (Å²) in [6.45, 7) is 5.97. The van der Waals surface area contributed by atoms with Gasteiger partial charge in [0.25, 0.3) is 5.91 Å². The van der Waals surface area contributed by atoms with Crippen molar-refractivity contribution < 1.29 is 9.53 Å². The van der Waals surface area contributed by atoms with Gasteiger partial charge in [-0.2, -0.15) is 0 Å². The summed E-state index contributed by atoms with van der Waals surface area (Å²) >= 11 is 3.38. The van der Waals surface area contributed by atoms with Crippen LogP contribution >= 0.6 is 23.1 Å². The predicted molar refractivity (Wildman–Crippen MR) is 113 cm³/mol. The lowest BCUT2D eigenvalue weighted by molar-refractivity contribution is 0.102. The Bertz CT molecular complexity index is 887. The van der Waals surface area contributed by atoms with E-state index in [9.17, 15) is 4.79 Å².